The number of anilines is 2. The van der Waals surface area contributed by atoms with Crippen LogP contribution in [0, 0.1) is 6.92 Å². The first-order chi connectivity index (χ1) is 20.4. The molecule has 2 saturated carbocycles. The lowest BCUT2D eigenvalue weighted by Gasteiger charge is -2.31. The highest BCUT2D eigenvalue weighted by molar-refractivity contribution is 5.99. The number of aromatic nitrogens is 4. The highest BCUT2D eigenvalue weighted by atomic mass is 16.5. The van der Waals surface area contributed by atoms with E-state index in [1.165, 1.54) is 0 Å². The number of carbonyl (C=O) groups is 1. The fraction of sp³-hybridized carbons (Fsp3) is 0.355. The zero-order valence-electron chi connectivity index (χ0n) is 23.4. The van der Waals surface area contributed by atoms with Crippen LogP contribution in [0.4, 0.5) is 11.6 Å². The van der Waals surface area contributed by atoms with E-state index in [-0.39, 0.29) is 24.2 Å². The van der Waals surface area contributed by atoms with Crippen molar-refractivity contribution in [3.63, 3.8) is 0 Å². The summed E-state index contributed by atoms with van der Waals surface area (Å²) in [5.74, 6) is 1.72. The summed E-state index contributed by atoms with van der Waals surface area (Å²) >= 11 is 0. The van der Waals surface area contributed by atoms with Crippen molar-refractivity contribution in [1.82, 2.24) is 25.3 Å². The lowest BCUT2D eigenvalue weighted by molar-refractivity contribution is 0.0562. The van der Waals surface area contributed by atoms with E-state index in [1.807, 2.05) is 31.3 Å². The van der Waals surface area contributed by atoms with Crippen molar-refractivity contribution in [2.45, 2.75) is 63.7 Å². The minimum Gasteiger partial charge on any atom is -0.495 e. The van der Waals surface area contributed by atoms with Crippen LogP contribution in [-0.2, 0) is 0 Å². The van der Waals surface area contributed by atoms with Gasteiger partial charge in [0.05, 0.1) is 24.3 Å². The largest absolute Gasteiger partial charge is 0.495 e. The predicted octanol–water partition coefficient (Wildman–Crippen LogP) is 5.40. The van der Waals surface area contributed by atoms with Gasteiger partial charge in [0.25, 0.3) is 5.91 Å². The number of hydrogen-bond donors (Lipinski definition) is 4. The maximum Gasteiger partial charge on any atom is 0.251 e. The first-order valence-electron chi connectivity index (χ1n) is 14.3. The number of aryl methyl sites for hydroxylation is 1. The van der Waals surface area contributed by atoms with Crippen molar-refractivity contribution in [3.05, 3.63) is 54.0 Å². The molecule has 2 fully saturated rings. The molecule has 0 radical (unpaired) electrons. The number of rotatable bonds is 8. The third-order valence-electron chi connectivity index (χ3n) is 8.04. The smallest absolute Gasteiger partial charge is 0.251 e. The van der Waals surface area contributed by atoms with E-state index in [0.29, 0.717) is 58.8 Å². The average Bonchev–Trinajstić information content (AvgIpc) is 3.71. The quantitative estimate of drug-likeness (QED) is 0.193. The van der Waals surface area contributed by atoms with Gasteiger partial charge in [0.1, 0.15) is 23.0 Å². The van der Waals surface area contributed by atoms with Crippen LogP contribution in [0.1, 0.15) is 54.8 Å². The number of methoxy groups -OCH3 is 1. The average molecular weight is 569 g/mol. The summed E-state index contributed by atoms with van der Waals surface area (Å²) in [6, 6.07) is 11.1. The molecule has 2 aliphatic rings. The van der Waals surface area contributed by atoms with Crippen LogP contribution in [0.3, 0.4) is 0 Å². The predicted molar refractivity (Wildman–Crippen MR) is 157 cm³/mol. The summed E-state index contributed by atoms with van der Waals surface area (Å²) in [5, 5.41) is 16.5. The Hall–Kier alpha value is -4.64. The normalized spacial score (nSPS) is 18.7. The van der Waals surface area contributed by atoms with E-state index in [2.05, 4.69) is 20.6 Å². The number of nitrogens with one attached hydrogen (secondary N) is 3. The molecule has 0 aliphatic heterocycles. The molecule has 0 spiro atoms. The van der Waals surface area contributed by atoms with E-state index in [1.54, 1.807) is 25.3 Å². The summed E-state index contributed by atoms with van der Waals surface area (Å²) < 4.78 is 17.9. The van der Waals surface area contributed by atoms with Crippen LogP contribution in [-0.4, -0.2) is 56.3 Å². The van der Waals surface area contributed by atoms with Crippen molar-refractivity contribution in [3.8, 4) is 22.8 Å². The van der Waals surface area contributed by atoms with Crippen LogP contribution < -0.4 is 20.1 Å². The standard InChI is InChI=1S/C31H32N6O5/c1-16-33-24-9-7-17(11-26(24)41-16)22-15-32-28-27(22)30(42-21-5-3-4-6-21)37-31(36-28)35-23-10-8-18(12-25(23)40-2)29(39)34-19-13-20(38)14-19/h7-12,15,19-21,38H,3-6,13-14H2,1-2H3,(H,34,39)(H2,32,35,36,37). The number of benzene rings is 2. The minimum atomic E-state index is -0.340. The Labute approximate surface area is 241 Å². The maximum atomic E-state index is 12.7. The SMILES string of the molecule is COc1cc(C(=O)NC2CC(O)C2)ccc1Nc1nc(OC2CCCC2)c2c(-c3ccc4nc(C)oc4c3)c[nH]c2n1. The zero-order valence-corrected chi connectivity index (χ0v) is 23.4. The molecule has 0 bridgehead atoms. The van der Waals surface area contributed by atoms with E-state index in [4.69, 9.17) is 23.9 Å². The monoisotopic (exact) mass is 568 g/mol. The number of ether oxygens (including phenoxy) is 2. The lowest BCUT2D eigenvalue weighted by Crippen LogP contribution is -2.46. The minimum absolute atomic E-state index is 0.0119. The number of hydrogen-bond acceptors (Lipinski definition) is 9. The van der Waals surface area contributed by atoms with Gasteiger partial charge < -0.3 is 34.6 Å². The van der Waals surface area contributed by atoms with E-state index in [9.17, 15) is 9.90 Å². The summed E-state index contributed by atoms with van der Waals surface area (Å²) in [6.07, 6.45) is 7.02. The molecule has 0 unspecified atom stereocenters. The van der Waals surface area contributed by atoms with Gasteiger partial charge in [-0.25, -0.2) is 4.98 Å². The molecular formula is C31H32N6O5. The third kappa shape index (κ3) is 5.00. The van der Waals surface area contributed by atoms with E-state index in [0.717, 1.165) is 47.7 Å². The number of nitrogens with zero attached hydrogens (tertiary/aromatic N) is 3. The fourth-order valence-corrected chi connectivity index (χ4v) is 5.77. The van der Waals surface area contributed by atoms with E-state index < -0.39 is 0 Å². The Morgan fingerprint density at radius 3 is 2.71 bits per heavy atom. The molecule has 5 aromatic rings. The maximum absolute atomic E-state index is 12.7. The number of aliphatic hydroxyl groups excluding tert-OH is 1. The second-order valence-corrected chi connectivity index (χ2v) is 11.1. The molecule has 1 amide bonds. The Kier molecular flexibility index (Phi) is 6.66. The Balaban J connectivity index is 1.22. The molecule has 3 heterocycles. The molecule has 2 aliphatic carbocycles. The van der Waals surface area contributed by atoms with Crippen molar-refractivity contribution in [2.24, 2.45) is 0 Å². The van der Waals surface area contributed by atoms with Crippen molar-refractivity contribution in [2.75, 3.05) is 12.4 Å². The van der Waals surface area contributed by atoms with Crippen LogP contribution in [0.2, 0.25) is 0 Å². The summed E-state index contributed by atoms with van der Waals surface area (Å²) in [4.78, 5) is 30.0. The van der Waals surface area contributed by atoms with Gasteiger partial charge in [-0.2, -0.15) is 9.97 Å². The Bertz CT molecular complexity index is 1780. The topological polar surface area (TPSA) is 147 Å². The number of H-pyrrole nitrogens is 1. The molecule has 0 atom stereocenters. The summed E-state index contributed by atoms with van der Waals surface area (Å²) in [7, 11) is 1.55. The van der Waals surface area contributed by atoms with Gasteiger partial charge in [-0.15, -0.1) is 0 Å². The summed E-state index contributed by atoms with van der Waals surface area (Å²) in [6.45, 7) is 1.83. The van der Waals surface area contributed by atoms with Gasteiger partial charge in [-0.05, 0) is 74.4 Å². The van der Waals surface area contributed by atoms with Gasteiger partial charge in [0.2, 0.25) is 11.8 Å². The van der Waals surface area contributed by atoms with Crippen LogP contribution in [0.5, 0.6) is 11.6 Å². The number of fused-ring (bicyclic) bond motifs is 2. The number of aromatic amines is 1. The number of carbonyl (C=O) groups excluding carboxylic acids is 1. The van der Waals surface area contributed by atoms with Crippen LogP contribution in [0.25, 0.3) is 33.3 Å². The first-order valence-corrected chi connectivity index (χ1v) is 14.3. The molecule has 7 rings (SSSR count). The van der Waals surface area contributed by atoms with Crippen LogP contribution >= 0.6 is 0 Å². The molecule has 0 saturated heterocycles. The van der Waals surface area contributed by atoms with Gasteiger partial charge >= 0.3 is 0 Å². The number of amides is 1. The number of aliphatic hydroxyl groups is 1. The highest BCUT2D eigenvalue weighted by Gasteiger charge is 2.29. The number of oxazole rings is 1. The van der Waals surface area contributed by atoms with Crippen molar-refractivity contribution >= 4 is 39.7 Å². The molecule has 216 valence electrons. The molecule has 11 nitrogen and oxygen atoms in total. The first kappa shape index (κ1) is 26.3. The molecule has 11 heteroatoms. The van der Waals surface area contributed by atoms with Gasteiger partial charge in [-0.1, -0.05) is 6.07 Å². The van der Waals surface area contributed by atoms with Gasteiger partial charge in [0.15, 0.2) is 11.5 Å². The molecule has 4 N–H and O–H groups in total. The lowest BCUT2D eigenvalue weighted by atomic mass is 9.89. The highest BCUT2D eigenvalue weighted by Crippen LogP contribution is 2.38. The second-order valence-electron chi connectivity index (χ2n) is 11.1. The fourth-order valence-electron chi connectivity index (χ4n) is 5.77. The van der Waals surface area contributed by atoms with Crippen molar-refractivity contribution < 1.29 is 23.8 Å². The molecule has 2 aromatic carbocycles. The van der Waals surface area contributed by atoms with Gasteiger partial charge in [-0.3, -0.25) is 4.79 Å². The second kappa shape index (κ2) is 10.6. The van der Waals surface area contributed by atoms with Crippen molar-refractivity contribution in [1.29, 1.82) is 0 Å². The zero-order chi connectivity index (χ0) is 28.8. The Morgan fingerprint density at radius 2 is 1.93 bits per heavy atom. The summed E-state index contributed by atoms with van der Waals surface area (Å²) in [5.41, 5.74) is 5.07. The Morgan fingerprint density at radius 1 is 1.10 bits per heavy atom. The van der Waals surface area contributed by atoms with E-state index >= 15 is 0 Å². The molecule has 3 aromatic heterocycles. The molecule has 42 heavy (non-hydrogen) atoms. The van der Waals surface area contributed by atoms with Crippen LogP contribution in [0.15, 0.2) is 47.0 Å². The third-order valence-corrected chi connectivity index (χ3v) is 8.04. The molecular weight excluding hydrogens is 536 g/mol. The van der Waals surface area contributed by atoms with Gasteiger partial charge in [0, 0.05) is 30.3 Å².